The lowest BCUT2D eigenvalue weighted by Gasteiger charge is -2.15. The first kappa shape index (κ1) is 14.9. The molecule has 1 amide bonds. The topological polar surface area (TPSA) is 46.3 Å². The van der Waals surface area contributed by atoms with Crippen molar-refractivity contribution in [3.8, 4) is 0 Å². The lowest BCUT2D eigenvalue weighted by Crippen LogP contribution is -2.18. The van der Waals surface area contributed by atoms with Crippen molar-refractivity contribution in [3.63, 3.8) is 0 Å². The second-order valence-electron chi connectivity index (χ2n) is 3.79. The number of rotatable bonds is 0. The Kier molecular flexibility index (Phi) is 9.24. The third kappa shape index (κ3) is 9.34. The van der Waals surface area contributed by atoms with E-state index >= 15 is 0 Å². The van der Waals surface area contributed by atoms with E-state index in [1.807, 2.05) is 13.8 Å². The van der Waals surface area contributed by atoms with Crippen molar-refractivity contribution in [2.75, 3.05) is 20.1 Å². The van der Waals surface area contributed by atoms with Gasteiger partial charge < -0.3 is 10.6 Å². The number of primary amides is 1. The lowest BCUT2D eigenvalue weighted by molar-refractivity contribution is -0.106. The van der Waals surface area contributed by atoms with E-state index in [4.69, 9.17) is 4.79 Å². The van der Waals surface area contributed by atoms with Gasteiger partial charge in [0.05, 0.1) is 0 Å². The van der Waals surface area contributed by atoms with E-state index in [1.54, 1.807) is 0 Å². The Morgan fingerprint density at radius 3 is 1.85 bits per heavy atom. The molecule has 0 unspecified atom stereocenters. The van der Waals surface area contributed by atoms with Crippen LogP contribution in [0.2, 0.25) is 0 Å². The standard InChI is InChI=1S/C7H15N.C2H6.CH3NO/c1-7(2)4-5-8(3)6-7;1-2;2-1-3/h4-6H2,1-3H3;1-2H3;1H,(H2,2,3). The summed E-state index contributed by atoms with van der Waals surface area (Å²) in [6, 6.07) is 0. The van der Waals surface area contributed by atoms with Gasteiger partial charge in [0.25, 0.3) is 0 Å². The number of carbonyl (C=O) groups excluding carboxylic acids is 1. The Balaban J connectivity index is 0. The molecule has 0 aromatic heterocycles. The van der Waals surface area contributed by atoms with Crippen LogP contribution in [0.5, 0.6) is 0 Å². The van der Waals surface area contributed by atoms with Crippen molar-refractivity contribution in [1.29, 1.82) is 0 Å². The van der Waals surface area contributed by atoms with Crippen LogP contribution in [0.25, 0.3) is 0 Å². The van der Waals surface area contributed by atoms with Gasteiger partial charge in [0.1, 0.15) is 0 Å². The summed E-state index contributed by atoms with van der Waals surface area (Å²) in [4.78, 5) is 11.0. The molecule has 0 bridgehead atoms. The highest BCUT2D eigenvalue weighted by Crippen LogP contribution is 2.26. The lowest BCUT2D eigenvalue weighted by atomic mass is 9.93. The van der Waals surface area contributed by atoms with Gasteiger partial charge >= 0.3 is 0 Å². The molecule has 1 aliphatic heterocycles. The molecule has 0 aromatic rings. The number of likely N-dealkylation sites (tertiary alicyclic amines) is 1. The minimum atomic E-state index is 0.250. The Labute approximate surface area is 82.3 Å². The van der Waals surface area contributed by atoms with E-state index in [2.05, 4.69) is 31.5 Å². The SMILES string of the molecule is CC.CN1CCC(C)(C)C1.NC=O. The van der Waals surface area contributed by atoms with Crippen LogP contribution in [-0.4, -0.2) is 31.4 Å². The fourth-order valence-electron chi connectivity index (χ4n) is 1.38. The van der Waals surface area contributed by atoms with Crippen molar-refractivity contribution in [2.24, 2.45) is 11.1 Å². The normalized spacial score (nSPS) is 19.2. The van der Waals surface area contributed by atoms with Crippen molar-refractivity contribution in [2.45, 2.75) is 34.1 Å². The molecule has 3 heteroatoms. The van der Waals surface area contributed by atoms with E-state index in [0.717, 1.165) is 0 Å². The van der Waals surface area contributed by atoms with Gasteiger partial charge in [0.15, 0.2) is 0 Å². The van der Waals surface area contributed by atoms with E-state index in [9.17, 15) is 0 Å². The molecule has 1 saturated heterocycles. The van der Waals surface area contributed by atoms with Crippen molar-refractivity contribution >= 4 is 6.41 Å². The minimum Gasteiger partial charge on any atom is -0.372 e. The van der Waals surface area contributed by atoms with Crippen LogP contribution >= 0.6 is 0 Å². The van der Waals surface area contributed by atoms with E-state index in [1.165, 1.54) is 19.5 Å². The quantitative estimate of drug-likeness (QED) is 0.585. The molecule has 1 aliphatic rings. The van der Waals surface area contributed by atoms with Gasteiger partial charge in [-0.1, -0.05) is 27.7 Å². The highest BCUT2D eigenvalue weighted by Gasteiger charge is 2.26. The molecule has 0 atom stereocenters. The largest absolute Gasteiger partial charge is 0.372 e. The van der Waals surface area contributed by atoms with Crippen molar-refractivity contribution in [1.82, 2.24) is 4.90 Å². The monoisotopic (exact) mass is 188 g/mol. The third-order valence-corrected chi connectivity index (χ3v) is 1.87. The average Bonchev–Trinajstić information content (AvgIpc) is 2.35. The Hall–Kier alpha value is -0.570. The first-order chi connectivity index (χ1) is 6.02. The summed E-state index contributed by atoms with van der Waals surface area (Å²) in [5, 5.41) is 0. The fourth-order valence-corrected chi connectivity index (χ4v) is 1.38. The molecular formula is C10H24N2O. The number of amides is 1. The molecule has 1 heterocycles. The summed E-state index contributed by atoms with van der Waals surface area (Å²) in [5.41, 5.74) is 4.76. The van der Waals surface area contributed by atoms with Gasteiger partial charge in [-0.05, 0) is 25.4 Å². The van der Waals surface area contributed by atoms with Crippen LogP contribution in [0, 0.1) is 5.41 Å². The summed E-state index contributed by atoms with van der Waals surface area (Å²) < 4.78 is 0. The van der Waals surface area contributed by atoms with Crippen molar-refractivity contribution < 1.29 is 4.79 Å². The molecule has 1 fully saturated rings. The summed E-state index contributed by atoms with van der Waals surface area (Å²) in [5.74, 6) is 0. The highest BCUT2D eigenvalue weighted by atomic mass is 16.1. The first-order valence-electron chi connectivity index (χ1n) is 4.86. The van der Waals surface area contributed by atoms with E-state index in [0.29, 0.717) is 5.41 Å². The van der Waals surface area contributed by atoms with Gasteiger partial charge in [-0.3, -0.25) is 4.79 Å². The molecular weight excluding hydrogens is 164 g/mol. The van der Waals surface area contributed by atoms with Crippen LogP contribution in [-0.2, 0) is 4.79 Å². The van der Waals surface area contributed by atoms with Crippen molar-refractivity contribution in [3.05, 3.63) is 0 Å². The van der Waals surface area contributed by atoms with Gasteiger partial charge in [0, 0.05) is 6.54 Å². The number of nitrogens with zero attached hydrogens (tertiary/aromatic N) is 1. The van der Waals surface area contributed by atoms with Crippen LogP contribution < -0.4 is 5.73 Å². The summed E-state index contributed by atoms with van der Waals surface area (Å²) in [6.07, 6.45) is 1.61. The summed E-state index contributed by atoms with van der Waals surface area (Å²) >= 11 is 0. The maximum absolute atomic E-state index is 8.58. The Morgan fingerprint density at radius 2 is 1.77 bits per heavy atom. The van der Waals surface area contributed by atoms with Crippen LogP contribution in [0.3, 0.4) is 0 Å². The third-order valence-electron chi connectivity index (χ3n) is 1.87. The smallest absolute Gasteiger partial charge is 0.204 e. The van der Waals surface area contributed by atoms with Crippen LogP contribution in [0.1, 0.15) is 34.1 Å². The molecule has 2 N–H and O–H groups in total. The fraction of sp³-hybridized carbons (Fsp3) is 0.900. The molecule has 0 aliphatic carbocycles. The van der Waals surface area contributed by atoms with E-state index < -0.39 is 0 Å². The summed E-state index contributed by atoms with van der Waals surface area (Å²) in [6.45, 7) is 11.2. The number of hydrogen-bond acceptors (Lipinski definition) is 2. The van der Waals surface area contributed by atoms with E-state index in [-0.39, 0.29) is 6.41 Å². The maximum Gasteiger partial charge on any atom is 0.204 e. The zero-order valence-corrected chi connectivity index (χ0v) is 9.63. The molecule has 0 saturated carbocycles. The van der Waals surface area contributed by atoms with Gasteiger partial charge in [0.2, 0.25) is 6.41 Å². The second kappa shape index (κ2) is 8.05. The molecule has 1 rings (SSSR count). The number of nitrogens with two attached hydrogens (primary N) is 1. The van der Waals surface area contributed by atoms with Gasteiger partial charge in [-0.25, -0.2) is 0 Å². The molecule has 3 nitrogen and oxygen atoms in total. The molecule has 0 spiro atoms. The zero-order chi connectivity index (χ0) is 10.9. The Morgan fingerprint density at radius 1 is 1.38 bits per heavy atom. The molecule has 0 radical (unpaired) electrons. The van der Waals surface area contributed by atoms with Crippen LogP contribution in [0.4, 0.5) is 0 Å². The predicted octanol–water partition coefficient (Wildman–Crippen LogP) is 1.48. The average molecular weight is 188 g/mol. The maximum atomic E-state index is 8.58. The molecule has 80 valence electrons. The van der Waals surface area contributed by atoms with Gasteiger partial charge in [-0.2, -0.15) is 0 Å². The summed E-state index contributed by atoms with van der Waals surface area (Å²) in [7, 11) is 2.19. The van der Waals surface area contributed by atoms with Gasteiger partial charge in [-0.15, -0.1) is 0 Å². The Bertz CT molecular complexity index is 124. The molecule has 0 aromatic carbocycles. The highest BCUT2D eigenvalue weighted by molar-refractivity contribution is 5.42. The molecule has 13 heavy (non-hydrogen) atoms. The number of carbonyl (C=O) groups is 1. The first-order valence-corrected chi connectivity index (χ1v) is 4.86. The number of hydrogen-bond donors (Lipinski definition) is 1. The van der Waals surface area contributed by atoms with Crippen LogP contribution in [0.15, 0.2) is 0 Å². The predicted molar refractivity (Wildman–Crippen MR) is 57.5 cm³/mol. The second-order valence-corrected chi connectivity index (χ2v) is 3.79. The zero-order valence-electron chi connectivity index (χ0n) is 9.63. The minimum absolute atomic E-state index is 0.250.